The molecule has 210 valence electrons. The van der Waals surface area contributed by atoms with E-state index in [1.165, 1.54) is 4.90 Å². The molecule has 6 rings (SSSR count). The molecule has 3 fully saturated rings. The molecule has 1 aromatic carbocycles. The molecular formula is C29H33N5O6. The number of hydrogen-bond donors (Lipinski definition) is 1. The minimum absolute atomic E-state index is 0.0926. The van der Waals surface area contributed by atoms with Gasteiger partial charge in [0.05, 0.1) is 19.3 Å². The molecule has 11 nitrogen and oxygen atoms in total. The standard InChI is InChI=1S/C29H33N5O6/c35-26-10-9-24(27(36)31-26)34-17-19-16-21(7-8-22(19)28(34)37)40-18-20-4-1-2-11-33(20)29(38)23-5-3-6-25(30-23)32-12-14-39-15-13-32/h3,5-8,16,20,24H,1-2,4,9-15,17-18H2,(H,31,35,36)/t20-,24?/m1/s1. The molecule has 11 heteroatoms. The van der Waals surface area contributed by atoms with E-state index in [1.807, 2.05) is 23.1 Å². The second kappa shape index (κ2) is 11.2. The van der Waals surface area contributed by atoms with Gasteiger partial charge in [0, 0.05) is 38.2 Å². The van der Waals surface area contributed by atoms with Crippen molar-refractivity contribution in [3.05, 3.63) is 53.2 Å². The minimum Gasteiger partial charge on any atom is -0.491 e. The number of piperidine rings is 2. The van der Waals surface area contributed by atoms with E-state index in [4.69, 9.17) is 9.47 Å². The fraction of sp³-hybridized carbons (Fsp3) is 0.483. The molecule has 2 atom stereocenters. The molecule has 4 amide bonds. The summed E-state index contributed by atoms with van der Waals surface area (Å²) in [5, 5.41) is 2.33. The van der Waals surface area contributed by atoms with Gasteiger partial charge in [-0.25, -0.2) is 4.98 Å². The van der Waals surface area contributed by atoms with Gasteiger partial charge in [-0.15, -0.1) is 0 Å². The summed E-state index contributed by atoms with van der Waals surface area (Å²) in [5.41, 5.74) is 1.76. The number of nitrogens with zero attached hydrogens (tertiary/aromatic N) is 4. The number of amides is 4. The predicted molar refractivity (Wildman–Crippen MR) is 144 cm³/mol. The zero-order chi connectivity index (χ0) is 27.6. The highest BCUT2D eigenvalue weighted by molar-refractivity contribution is 6.05. The van der Waals surface area contributed by atoms with Crippen molar-refractivity contribution in [3.63, 3.8) is 0 Å². The number of pyridine rings is 1. The van der Waals surface area contributed by atoms with E-state index in [-0.39, 0.29) is 36.7 Å². The number of aromatic nitrogens is 1. The van der Waals surface area contributed by atoms with Crippen molar-refractivity contribution in [2.24, 2.45) is 0 Å². The smallest absolute Gasteiger partial charge is 0.272 e. The largest absolute Gasteiger partial charge is 0.491 e. The number of nitrogens with one attached hydrogen (secondary N) is 1. The summed E-state index contributed by atoms with van der Waals surface area (Å²) in [7, 11) is 0. The maximum Gasteiger partial charge on any atom is 0.272 e. The van der Waals surface area contributed by atoms with Crippen LogP contribution in [-0.4, -0.2) is 90.0 Å². The van der Waals surface area contributed by atoms with Gasteiger partial charge in [-0.3, -0.25) is 24.5 Å². The molecule has 0 radical (unpaired) electrons. The molecule has 4 aliphatic heterocycles. The number of morpholine rings is 1. The number of fused-ring (bicyclic) bond motifs is 1. The van der Waals surface area contributed by atoms with Gasteiger partial charge in [0.1, 0.15) is 29.9 Å². The van der Waals surface area contributed by atoms with Crippen molar-refractivity contribution in [2.75, 3.05) is 44.4 Å². The van der Waals surface area contributed by atoms with Crippen LogP contribution in [0, 0.1) is 0 Å². The monoisotopic (exact) mass is 547 g/mol. The molecule has 0 bridgehead atoms. The summed E-state index contributed by atoms with van der Waals surface area (Å²) in [5.74, 6) is 0.354. The fourth-order valence-electron chi connectivity index (χ4n) is 5.93. The zero-order valence-corrected chi connectivity index (χ0v) is 22.3. The number of imide groups is 1. The first-order valence-corrected chi connectivity index (χ1v) is 14.0. The number of rotatable bonds is 6. The highest BCUT2D eigenvalue weighted by atomic mass is 16.5. The second-order valence-electron chi connectivity index (χ2n) is 10.7. The Labute approximate surface area is 232 Å². The minimum atomic E-state index is -0.654. The zero-order valence-electron chi connectivity index (χ0n) is 22.3. The van der Waals surface area contributed by atoms with E-state index < -0.39 is 11.9 Å². The summed E-state index contributed by atoms with van der Waals surface area (Å²) in [6, 6.07) is 10.1. The highest BCUT2D eigenvalue weighted by Crippen LogP contribution is 2.31. The molecule has 0 saturated carbocycles. The van der Waals surface area contributed by atoms with Gasteiger partial charge in [-0.1, -0.05) is 6.07 Å². The first-order valence-electron chi connectivity index (χ1n) is 14.0. The number of ether oxygens (including phenoxy) is 2. The SMILES string of the molecule is O=C1CCC(N2Cc3cc(OC[C@H]4CCCCN4C(=O)c4cccc(N5CCOCC5)n4)ccc3C2=O)C(=O)N1. The number of anilines is 1. The summed E-state index contributed by atoms with van der Waals surface area (Å²) < 4.78 is 11.6. The summed E-state index contributed by atoms with van der Waals surface area (Å²) in [6.45, 7) is 4.07. The Bertz CT molecular complexity index is 1330. The van der Waals surface area contributed by atoms with Crippen molar-refractivity contribution in [1.29, 1.82) is 0 Å². The molecule has 0 aliphatic carbocycles. The Morgan fingerprint density at radius 3 is 2.73 bits per heavy atom. The van der Waals surface area contributed by atoms with E-state index in [0.717, 1.165) is 43.7 Å². The van der Waals surface area contributed by atoms with Crippen LogP contribution in [0.5, 0.6) is 5.75 Å². The maximum atomic E-state index is 13.5. The lowest BCUT2D eigenvalue weighted by Gasteiger charge is -2.35. The van der Waals surface area contributed by atoms with Crippen LogP contribution in [0.1, 0.15) is 58.5 Å². The predicted octanol–water partition coefficient (Wildman–Crippen LogP) is 1.75. The average molecular weight is 548 g/mol. The molecule has 5 heterocycles. The van der Waals surface area contributed by atoms with Crippen LogP contribution in [0.3, 0.4) is 0 Å². The van der Waals surface area contributed by atoms with Gasteiger partial charge < -0.3 is 24.2 Å². The van der Waals surface area contributed by atoms with Crippen molar-refractivity contribution < 1.29 is 28.7 Å². The van der Waals surface area contributed by atoms with E-state index in [9.17, 15) is 19.2 Å². The third-order valence-electron chi connectivity index (χ3n) is 8.11. The normalized spacial score (nSPS) is 23.2. The number of hydrogen-bond acceptors (Lipinski definition) is 8. The maximum absolute atomic E-state index is 13.5. The van der Waals surface area contributed by atoms with Gasteiger partial charge >= 0.3 is 0 Å². The van der Waals surface area contributed by atoms with E-state index in [2.05, 4.69) is 15.2 Å². The molecular weight excluding hydrogens is 514 g/mol. The first-order chi connectivity index (χ1) is 19.5. The van der Waals surface area contributed by atoms with Crippen LogP contribution in [0.2, 0.25) is 0 Å². The van der Waals surface area contributed by atoms with Crippen LogP contribution < -0.4 is 15.0 Å². The van der Waals surface area contributed by atoms with Gasteiger partial charge in [-0.2, -0.15) is 0 Å². The number of carbonyl (C=O) groups is 4. The lowest BCUT2D eigenvalue weighted by Crippen LogP contribution is -2.52. The topological polar surface area (TPSA) is 121 Å². The number of likely N-dealkylation sites (tertiary alicyclic amines) is 1. The van der Waals surface area contributed by atoms with Crippen LogP contribution in [0.15, 0.2) is 36.4 Å². The Balaban J connectivity index is 1.11. The average Bonchev–Trinajstić information content (AvgIpc) is 3.31. The van der Waals surface area contributed by atoms with Crippen LogP contribution in [0.4, 0.5) is 5.82 Å². The number of carbonyl (C=O) groups excluding carboxylic acids is 4. The van der Waals surface area contributed by atoms with Gasteiger partial charge in [0.2, 0.25) is 11.8 Å². The van der Waals surface area contributed by atoms with Crippen molar-refractivity contribution in [3.8, 4) is 5.75 Å². The molecule has 0 spiro atoms. The Morgan fingerprint density at radius 2 is 1.90 bits per heavy atom. The van der Waals surface area contributed by atoms with Crippen LogP contribution in [0.25, 0.3) is 0 Å². The summed E-state index contributed by atoms with van der Waals surface area (Å²) >= 11 is 0. The van der Waals surface area contributed by atoms with E-state index in [1.54, 1.807) is 18.2 Å². The molecule has 1 unspecified atom stereocenters. The quantitative estimate of drug-likeness (QED) is 0.543. The van der Waals surface area contributed by atoms with Crippen molar-refractivity contribution >= 4 is 29.4 Å². The van der Waals surface area contributed by atoms with E-state index >= 15 is 0 Å². The number of benzene rings is 1. The molecule has 40 heavy (non-hydrogen) atoms. The highest BCUT2D eigenvalue weighted by Gasteiger charge is 2.39. The molecule has 4 aliphatic rings. The van der Waals surface area contributed by atoms with Crippen LogP contribution >= 0.6 is 0 Å². The van der Waals surface area contributed by atoms with Crippen molar-refractivity contribution in [2.45, 2.75) is 50.7 Å². The molecule has 1 aromatic heterocycles. The Morgan fingerprint density at radius 1 is 1.05 bits per heavy atom. The van der Waals surface area contributed by atoms with Crippen molar-refractivity contribution in [1.82, 2.24) is 20.1 Å². The first kappa shape index (κ1) is 26.2. The Kier molecular flexibility index (Phi) is 7.38. The van der Waals surface area contributed by atoms with Gasteiger partial charge in [-0.05, 0) is 61.6 Å². The Hall–Kier alpha value is -3.99. The van der Waals surface area contributed by atoms with Gasteiger partial charge in [0.25, 0.3) is 11.8 Å². The third kappa shape index (κ3) is 5.25. The summed E-state index contributed by atoms with van der Waals surface area (Å²) in [6.07, 6.45) is 3.32. The van der Waals surface area contributed by atoms with Crippen LogP contribution in [-0.2, 0) is 20.9 Å². The lowest BCUT2D eigenvalue weighted by atomic mass is 10.0. The lowest BCUT2D eigenvalue weighted by molar-refractivity contribution is -0.136. The molecule has 3 saturated heterocycles. The van der Waals surface area contributed by atoms with E-state index in [0.29, 0.717) is 49.8 Å². The fourth-order valence-corrected chi connectivity index (χ4v) is 5.93. The van der Waals surface area contributed by atoms with Gasteiger partial charge in [0.15, 0.2) is 0 Å². The third-order valence-corrected chi connectivity index (χ3v) is 8.11. The summed E-state index contributed by atoms with van der Waals surface area (Å²) in [4.78, 5) is 60.6. The molecule has 1 N–H and O–H groups in total. The second-order valence-corrected chi connectivity index (χ2v) is 10.7. The molecule has 2 aromatic rings.